The van der Waals surface area contributed by atoms with Crippen molar-refractivity contribution in [2.45, 2.75) is 25.3 Å². The van der Waals surface area contributed by atoms with Crippen molar-refractivity contribution in [1.29, 1.82) is 5.41 Å². The summed E-state index contributed by atoms with van der Waals surface area (Å²) in [5.74, 6) is 0.153. The number of hydrogen-bond acceptors (Lipinski definition) is 4. The molecule has 2 aromatic rings. The zero-order valence-corrected chi connectivity index (χ0v) is 15.6. The van der Waals surface area contributed by atoms with Crippen LogP contribution in [-0.2, 0) is 4.74 Å². The third kappa shape index (κ3) is 4.54. The van der Waals surface area contributed by atoms with Crippen LogP contribution < -0.4 is 10.2 Å². The molecule has 8 heteroatoms. The molecule has 1 fully saturated rings. The average molecular weight is 395 g/mol. The van der Waals surface area contributed by atoms with Gasteiger partial charge in [0, 0.05) is 60.7 Å². The van der Waals surface area contributed by atoms with Crippen molar-refractivity contribution >= 4 is 28.8 Å². The first-order valence-electron chi connectivity index (χ1n) is 8.66. The Labute approximate surface area is 161 Å². The monoisotopic (exact) mass is 394 g/mol. The molecule has 0 radical (unpaired) electrons. The highest BCUT2D eigenvalue weighted by atomic mass is 35.5. The van der Waals surface area contributed by atoms with Crippen molar-refractivity contribution in [3.63, 3.8) is 0 Å². The van der Waals surface area contributed by atoms with Gasteiger partial charge in [0.25, 0.3) is 6.43 Å². The van der Waals surface area contributed by atoms with E-state index in [-0.39, 0.29) is 22.5 Å². The number of hydrogen-bond donors (Lipinski definition) is 2. The number of anilines is 2. The van der Waals surface area contributed by atoms with Crippen molar-refractivity contribution in [1.82, 2.24) is 4.98 Å². The fourth-order valence-corrected chi connectivity index (χ4v) is 3.19. The molecule has 2 N–H and O–H groups in total. The van der Waals surface area contributed by atoms with Gasteiger partial charge in [0.2, 0.25) is 0 Å². The highest BCUT2D eigenvalue weighted by molar-refractivity contribution is 6.31. The summed E-state index contributed by atoms with van der Waals surface area (Å²) in [5, 5.41) is 12.0. The lowest BCUT2D eigenvalue weighted by Crippen LogP contribution is -2.31. The predicted octanol–water partition coefficient (Wildman–Crippen LogP) is 4.73. The summed E-state index contributed by atoms with van der Waals surface area (Å²) in [4.78, 5) is 5.66. The summed E-state index contributed by atoms with van der Waals surface area (Å²) in [7, 11) is 1.66. The molecular formula is C19H21ClF2N4O. The number of amidine groups is 1. The van der Waals surface area contributed by atoms with Crippen LogP contribution in [0, 0.1) is 5.41 Å². The molecule has 0 aliphatic carbocycles. The second kappa shape index (κ2) is 8.63. The van der Waals surface area contributed by atoms with Gasteiger partial charge in [-0.2, -0.15) is 0 Å². The smallest absolute Gasteiger partial charge is 0.265 e. The predicted molar refractivity (Wildman–Crippen MR) is 103 cm³/mol. The van der Waals surface area contributed by atoms with Crippen LogP contribution in [0.5, 0.6) is 0 Å². The molecule has 0 spiro atoms. The first kappa shape index (κ1) is 19.5. The minimum atomic E-state index is -2.68. The van der Waals surface area contributed by atoms with Crippen LogP contribution in [-0.4, -0.2) is 37.1 Å². The second-order valence-electron chi connectivity index (χ2n) is 6.37. The maximum Gasteiger partial charge on any atom is 0.265 e. The van der Waals surface area contributed by atoms with Crippen LogP contribution in [0.4, 0.5) is 20.2 Å². The lowest BCUT2D eigenvalue weighted by Gasteiger charge is -2.27. The van der Waals surface area contributed by atoms with E-state index >= 15 is 0 Å². The number of halogens is 3. The SMILES string of the molecule is CN(C(=N)c1cnccc1NC1CCOCC1)c1ccc(Cl)c(C(F)F)c1. The topological polar surface area (TPSA) is 61.2 Å². The number of nitrogens with one attached hydrogen (secondary N) is 2. The van der Waals surface area contributed by atoms with E-state index < -0.39 is 6.43 Å². The molecule has 1 aromatic carbocycles. The van der Waals surface area contributed by atoms with Gasteiger partial charge in [-0.25, -0.2) is 8.78 Å². The van der Waals surface area contributed by atoms with Gasteiger partial charge in [-0.3, -0.25) is 10.4 Å². The first-order valence-corrected chi connectivity index (χ1v) is 9.03. The molecule has 2 heterocycles. The second-order valence-corrected chi connectivity index (χ2v) is 6.77. The normalized spacial score (nSPS) is 15.0. The molecule has 0 saturated carbocycles. The Morgan fingerprint density at radius 3 is 2.78 bits per heavy atom. The van der Waals surface area contributed by atoms with Gasteiger partial charge in [-0.1, -0.05) is 11.6 Å². The molecule has 5 nitrogen and oxygen atoms in total. The van der Waals surface area contributed by atoms with Crippen LogP contribution in [0.25, 0.3) is 0 Å². The van der Waals surface area contributed by atoms with E-state index in [1.165, 1.54) is 17.0 Å². The van der Waals surface area contributed by atoms with Crippen molar-refractivity contribution in [3.8, 4) is 0 Å². The highest BCUT2D eigenvalue weighted by Crippen LogP contribution is 2.31. The minimum absolute atomic E-state index is 0.0110. The van der Waals surface area contributed by atoms with Crippen molar-refractivity contribution in [2.75, 3.05) is 30.5 Å². The van der Waals surface area contributed by atoms with Gasteiger partial charge >= 0.3 is 0 Å². The Bertz CT molecular complexity index is 812. The molecule has 3 rings (SSSR count). The average Bonchev–Trinajstić information content (AvgIpc) is 2.68. The molecule has 1 aromatic heterocycles. The summed E-state index contributed by atoms with van der Waals surface area (Å²) in [5.41, 5.74) is 1.60. The van der Waals surface area contributed by atoms with Gasteiger partial charge in [-0.05, 0) is 37.1 Å². The van der Waals surface area contributed by atoms with Gasteiger partial charge in [0.15, 0.2) is 0 Å². The molecule has 1 saturated heterocycles. The van der Waals surface area contributed by atoms with E-state index in [0.29, 0.717) is 24.5 Å². The van der Waals surface area contributed by atoms with Crippen LogP contribution in [0.2, 0.25) is 5.02 Å². The minimum Gasteiger partial charge on any atom is -0.381 e. The Hall–Kier alpha value is -2.25. The number of ether oxygens (including phenoxy) is 1. The lowest BCUT2D eigenvalue weighted by atomic mass is 10.1. The molecule has 0 atom stereocenters. The van der Waals surface area contributed by atoms with Crippen LogP contribution in [0.3, 0.4) is 0 Å². The summed E-state index contributed by atoms with van der Waals surface area (Å²) in [6, 6.07) is 6.43. The van der Waals surface area contributed by atoms with Crippen molar-refractivity contribution in [2.24, 2.45) is 0 Å². The van der Waals surface area contributed by atoms with E-state index in [1.54, 1.807) is 25.5 Å². The number of alkyl halides is 2. The zero-order valence-electron chi connectivity index (χ0n) is 14.9. The zero-order chi connectivity index (χ0) is 19.4. The largest absolute Gasteiger partial charge is 0.381 e. The van der Waals surface area contributed by atoms with Crippen molar-refractivity contribution < 1.29 is 13.5 Å². The number of pyridine rings is 1. The quantitative estimate of drug-likeness (QED) is 0.568. The summed E-state index contributed by atoms with van der Waals surface area (Å²) in [6.45, 7) is 1.41. The number of aromatic nitrogens is 1. The lowest BCUT2D eigenvalue weighted by molar-refractivity contribution is 0.0904. The maximum atomic E-state index is 13.1. The Balaban J connectivity index is 1.84. The molecule has 27 heavy (non-hydrogen) atoms. The third-order valence-corrected chi connectivity index (χ3v) is 4.94. The highest BCUT2D eigenvalue weighted by Gasteiger charge is 2.20. The van der Waals surface area contributed by atoms with Gasteiger partial charge < -0.3 is 15.0 Å². The van der Waals surface area contributed by atoms with Crippen LogP contribution >= 0.6 is 11.6 Å². The third-order valence-electron chi connectivity index (χ3n) is 4.59. The van der Waals surface area contributed by atoms with E-state index in [1.807, 2.05) is 6.07 Å². The van der Waals surface area contributed by atoms with E-state index in [0.717, 1.165) is 18.5 Å². The Kier molecular flexibility index (Phi) is 6.23. The molecule has 0 bridgehead atoms. The van der Waals surface area contributed by atoms with Gasteiger partial charge in [-0.15, -0.1) is 0 Å². The summed E-state index contributed by atoms with van der Waals surface area (Å²) < 4.78 is 31.6. The maximum absolute atomic E-state index is 13.1. The number of rotatable bonds is 5. The molecule has 1 aliphatic rings. The fraction of sp³-hybridized carbons (Fsp3) is 0.368. The van der Waals surface area contributed by atoms with Gasteiger partial charge in [0.1, 0.15) is 5.84 Å². The summed E-state index contributed by atoms with van der Waals surface area (Å²) >= 11 is 5.84. The van der Waals surface area contributed by atoms with E-state index in [4.69, 9.17) is 21.7 Å². The van der Waals surface area contributed by atoms with Crippen LogP contribution in [0.1, 0.15) is 30.4 Å². The molecular weight excluding hydrogens is 374 g/mol. The Morgan fingerprint density at radius 2 is 2.07 bits per heavy atom. The molecule has 0 unspecified atom stereocenters. The standard InChI is InChI=1S/C19H21ClF2N4O/c1-26(13-2-3-16(20)14(10-13)18(21)22)19(23)15-11-24-7-4-17(15)25-12-5-8-27-9-6-12/h2-4,7,10-12,18,23H,5-6,8-9H2,1H3,(H,24,25). The fourth-order valence-electron chi connectivity index (χ4n) is 2.99. The number of nitrogens with zero attached hydrogens (tertiary/aromatic N) is 2. The Morgan fingerprint density at radius 1 is 1.33 bits per heavy atom. The first-order chi connectivity index (χ1) is 13.0. The van der Waals surface area contributed by atoms with Crippen molar-refractivity contribution in [3.05, 3.63) is 52.8 Å². The number of benzene rings is 1. The van der Waals surface area contributed by atoms with Gasteiger partial charge in [0.05, 0.1) is 5.56 Å². The molecule has 144 valence electrons. The van der Waals surface area contributed by atoms with Crippen LogP contribution in [0.15, 0.2) is 36.7 Å². The van der Waals surface area contributed by atoms with E-state index in [9.17, 15) is 8.78 Å². The molecule has 1 aliphatic heterocycles. The molecule has 0 amide bonds. The summed E-state index contributed by atoms with van der Waals surface area (Å²) in [6.07, 6.45) is 2.36. The van der Waals surface area contributed by atoms with E-state index in [2.05, 4.69) is 10.3 Å².